The summed E-state index contributed by atoms with van der Waals surface area (Å²) in [6.07, 6.45) is 1.62. The number of halogens is 1. The molecule has 0 heterocycles. The summed E-state index contributed by atoms with van der Waals surface area (Å²) in [5.74, 6) is 0.227. The molecule has 0 atom stereocenters. The molecule has 2 rings (SSSR count). The lowest BCUT2D eigenvalue weighted by Crippen LogP contribution is -2.19. The fourth-order valence-corrected chi connectivity index (χ4v) is 2.59. The van der Waals surface area contributed by atoms with Crippen molar-refractivity contribution in [3.05, 3.63) is 64.6 Å². The van der Waals surface area contributed by atoms with Crippen molar-refractivity contribution in [1.82, 2.24) is 5.43 Å². The van der Waals surface area contributed by atoms with Gasteiger partial charge in [-0.25, -0.2) is 5.43 Å². The molecule has 0 aliphatic carbocycles. The zero-order chi connectivity index (χ0) is 14.2. The maximum absolute atomic E-state index is 11.6. The largest absolute Gasteiger partial charge is 0.272 e. The van der Waals surface area contributed by atoms with E-state index < -0.39 is 0 Å². The number of hydrogen-bond acceptors (Lipinski definition) is 3. The van der Waals surface area contributed by atoms with Crippen molar-refractivity contribution in [2.24, 2.45) is 5.10 Å². The van der Waals surface area contributed by atoms with Gasteiger partial charge in [0.1, 0.15) is 0 Å². The Bertz CT molecular complexity index is 602. The van der Waals surface area contributed by atoms with Crippen LogP contribution in [0.3, 0.4) is 0 Å². The van der Waals surface area contributed by atoms with Crippen molar-refractivity contribution >= 4 is 39.8 Å². The second-order valence-corrected chi connectivity index (χ2v) is 5.91. The highest BCUT2D eigenvalue weighted by molar-refractivity contribution is 9.10. The zero-order valence-electron chi connectivity index (χ0n) is 10.6. The third-order valence-corrected chi connectivity index (χ3v) is 3.87. The summed E-state index contributed by atoms with van der Waals surface area (Å²) in [6, 6.07) is 17.5. The van der Waals surface area contributed by atoms with E-state index in [1.54, 1.807) is 6.21 Å². The predicted molar refractivity (Wildman–Crippen MR) is 87.0 cm³/mol. The van der Waals surface area contributed by atoms with Gasteiger partial charge in [-0.2, -0.15) is 5.10 Å². The number of rotatable bonds is 5. The van der Waals surface area contributed by atoms with Crippen LogP contribution in [0.2, 0.25) is 0 Å². The standard InChI is InChI=1S/C15H13BrN2OS/c16-13-6-4-5-12(9-13)10-17-18-15(19)11-20-14-7-2-1-3-8-14/h1-10H,11H2,(H,18,19)/b17-10-. The first-order valence-corrected chi connectivity index (χ1v) is 7.77. The van der Waals surface area contributed by atoms with Crippen LogP contribution in [0, 0.1) is 0 Å². The maximum Gasteiger partial charge on any atom is 0.250 e. The van der Waals surface area contributed by atoms with Gasteiger partial charge in [-0.05, 0) is 29.8 Å². The van der Waals surface area contributed by atoms with Crippen molar-refractivity contribution < 1.29 is 4.79 Å². The van der Waals surface area contributed by atoms with Gasteiger partial charge in [0.2, 0.25) is 5.91 Å². The summed E-state index contributed by atoms with van der Waals surface area (Å²) in [5, 5.41) is 3.94. The molecule has 102 valence electrons. The van der Waals surface area contributed by atoms with Gasteiger partial charge in [0.05, 0.1) is 12.0 Å². The van der Waals surface area contributed by atoms with Crippen molar-refractivity contribution in [2.45, 2.75) is 4.90 Å². The highest BCUT2D eigenvalue weighted by Crippen LogP contribution is 2.16. The van der Waals surface area contributed by atoms with Gasteiger partial charge in [0.25, 0.3) is 0 Å². The lowest BCUT2D eigenvalue weighted by molar-refractivity contribution is -0.118. The van der Waals surface area contributed by atoms with Crippen molar-refractivity contribution in [2.75, 3.05) is 5.75 Å². The Morgan fingerprint density at radius 1 is 1.20 bits per heavy atom. The van der Waals surface area contributed by atoms with Gasteiger partial charge in [-0.1, -0.05) is 46.3 Å². The van der Waals surface area contributed by atoms with Crippen LogP contribution in [0.25, 0.3) is 0 Å². The normalized spacial score (nSPS) is 10.7. The molecule has 0 aromatic heterocycles. The van der Waals surface area contributed by atoms with E-state index in [2.05, 4.69) is 26.5 Å². The average molecular weight is 349 g/mol. The van der Waals surface area contributed by atoms with E-state index in [1.165, 1.54) is 11.8 Å². The van der Waals surface area contributed by atoms with Crippen LogP contribution in [-0.2, 0) is 4.79 Å². The summed E-state index contributed by atoms with van der Waals surface area (Å²) < 4.78 is 0.979. The van der Waals surface area contributed by atoms with E-state index >= 15 is 0 Å². The molecule has 0 bridgehead atoms. The van der Waals surface area contributed by atoms with Crippen LogP contribution in [0.1, 0.15) is 5.56 Å². The predicted octanol–water partition coefficient (Wildman–Crippen LogP) is 3.69. The number of hydrazone groups is 1. The topological polar surface area (TPSA) is 41.5 Å². The fourth-order valence-electron chi connectivity index (χ4n) is 1.46. The Balaban J connectivity index is 1.78. The number of nitrogens with one attached hydrogen (secondary N) is 1. The van der Waals surface area contributed by atoms with E-state index in [0.29, 0.717) is 5.75 Å². The van der Waals surface area contributed by atoms with Crippen LogP contribution in [0.5, 0.6) is 0 Å². The van der Waals surface area contributed by atoms with Crippen LogP contribution < -0.4 is 5.43 Å². The lowest BCUT2D eigenvalue weighted by Gasteiger charge is -2.00. The second kappa shape index (κ2) is 7.87. The minimum absolute atomic E-state index is 0.120. The first kappa shape index (κ1) is 14.8. The summed E-state index contributed by atoms with van der Waals surface area (Å²) in [4.78, 5) is 12.7. The molecule has 0 saturated carbocycles. The van der Waals surface area contributed by atoms with Gasteiger partial charge in [0.15, 0.2) is 0 Å². The Labute approximate surface area is 130 Å². The van der Waals surface area contributed by atoms with Gasteiger partial charge in [-0.3, -0.25) is 4.79 Å². The minimum atomic E-state index is -0.120. The van der Waals surface area contributed by atoms with E-state index in [9.17, 15) is 4.79 Å². The quantitative estimate of drug-likeness (QED) is 0.508. The van der Waals surface area contributed by atoms with E-state index in [1.807, 2.05) is 54.6 Å². The molecule has 0 unspecified atom stereocenters. The fraction of sp³-hybridized carbons (Fsp3) is 0.0667. The molecular formula is C15H13BrN2OS. The van der Waals surface area contributed by atoms with Crippen LogP contribution in [-0.4, -0.2) is 17.9 Å². The van der Waals surface area contributed by atoms with Crippen molar-refractivity contribution in [3.63, 3.8) is 0 Å². The first-order valence-electron chi connectivity index (χ1n) is 5.99. The molecule has 1 N–H and O–H groups in total. The highest BCUT2D eigenvalue weighted by Gasteiger charge is 2.00. The average Bonchev–Trinajstić information content (AvgIpc) is 2.46. The number of benzene rings is 2. The Hall–Kier alpha value is -1.59. The van der Waals surface area contributed by atoms with Gasteiger partial charge >= 0.3 is 0 Å². The summed E-state index contributed by atoms with van der Waals surface area (Å²) in [6.45, 7) is 0. The number of amides is 1. The molecule has 0 fully saturated rings. The van der Waals surface area contributed by atoms with Crippen LogP contribution >= 0.6 is 27.7 Å². The van der Waals surface area contributed by atoms with Crippen LogP contribution in [0.15, 0.2) is 69.1 Å². The van der Waals surface area contributed by atoms with Gasteiger partial charge in [0, 0.05) is 9.37 Å². The number of carbonyl (C=O) groups excluding carboxylic acids is 1. The van der Waals surface area contributed by atoms with E-state index in [4.69, 9.17) is 0 Å². The monoisotopic (exact) mass is 348 g/mol. The molecule has 2 aromatic carbocycles. The number of thioether (sulfide) groups is 1. The first-order chi connectivity index (χ1) is 9.74. The molecule has 0 spiro atoms. The molecule has 0 aliphatic rings. The molecule has 1 amide bonds. The molecule has 0 saturated heterocycles. The molecule has 0 aliphatic heterocycles. The summed E-state index contributed by atoms with van der Waals surface area (Å²) in [7, 11) is 0. The molecule has 0 radical (unpaired) electrons. The van der Waals surface area contributed by atoms with Gasteiger partial charge < -0.3 is 0 Å². The smallest absolute Gasteiger partial charge is 0.250 e. The third-order valence-electron chi connectivity index (χ3n) is 2.36. The Morgan fingerprint density at radius 2 is 2.00 bits per heavy atom. The van der Waals surface area contributed by atoms with Crippen LogP contribution in [0.4, 0.5) is 0 Å². The Morgan fingerprint density at radius 3 is 2.75 bits per heavy atom. The number of carbonyl (C=O) groups is 1. The minimum Gasteiger partial charge on any atom is -0.272 e. The summed E-state index contributed by atoms with van der Waals surface area (Å²) >= 11 is 4.87. The molecular weight excluding hydrogens is 336 g/mol. The zero-order valence-corrected chi connectivity index (χ0v) is 13.0. The molecule has 2 aromatic rings. The van der Waals surface area contributed by atoms with Gasteiger partial charge in [-0.15, -0.1) is 11.8 Å². The number of nitrogens with zero attached hydrogens (tertiary/aromatic N) is 1. The third kappa shape index (κ3) is 5.19. The van der Waals surface area contributed by atoms with Crippen molar-refractivity contribution in [1.29, 1.82) is 0 Å². The summed E-state index contributed by atoms with van der Waals surface area (Å²) in [5.41, 5.74) is 3.44. The SMILES string of the molecule is O=C(CSc1ccccc1)N/N=C\c1cccc(Br)c1. The molecule has 20 heavy (non-hydrogen) atoms. The lowest BCUT2D eigenvalue weighted by atomic mass is 10.2. The Kier molecular flexibility index (Phi) is 5.83. The van der Waals surface area contributed by atoms with E-state index in [-0.39, 0.29) is 5.91 Å². The number of hydrogen-bond donors (Lipinski definition) is 1. The molecule has 3 nitrogen and oxygen atoms in total. The van der Waals surface area contributed by atoms with Crippen molar-refractivity contribution in [3.8, 4) is 0 Å². The molecule has 5 heteroatoms. The highest BCUT2D eigenvalue weighted by atomic mass is 79.9. The second-order valence-electron chi connectivity index (χ2n) is 3.95. The maximum atomic E-state index is 11.6. The van der Waals surface area contributed by atoms with E-state index in [0.717, 1.165) is 14.9 Å².